The first-order valence-corrected chi connectivity index (χ1v) is 9.58. The van der Waals surface area contributed by atoms with Gasteiger partial charge in [0.1, 0.15) is 4.92 Å². The molecular weight excluding hydrogens is 423 g/mol. The van der Waals surface area contributed by atoms with E-state index in [1.54, 1.807) is 22.9 Å². The van der Waals surface area contributed by atoms with Gasteiger partial charge >= 0.3 is 5.88 Å². The van der Waals surface area contributed by atoms with Crippen LogP contribution in [0, 0.1) is 10.1 Å². The minimum Gasteiger partial charge on any atom is -0.400 e. The monoisotopic (exact) mass is 436 g/mol. The van der Waals surface area contributed by atoms with E-state index in [-0.39, 0.29) is 11.6 Å². The van der Waals surface area contributed by atoms with Crippen molar-refractivity contribution in [1.82, 2.24) is 4.68 Å². The highest BCUT2D eigenvalue weighted by Crippen LogP contribution is 2.30. The molecular formula is C18H14Cl2N4O3S. The van der Waals surface area contributed by atoms with Gasteiger partial charge in [0.2, 0.25) is 4.80 Å². The van der Waals surface area contributed by atoms with E-state index in [0.29, 0.717) is 27.1 Å². The number of nitro groups is 1. The Labute approximate surface area is 174 Å². The number of thiazole rings is 1. The maximum absolute atomic E-state index is 10.8. The first-order chi connectivity index (χ1) is 13.3. The molecule has 2 heterocycles. The molecule has 2 aromatic heterocycles. The van der Waals surface area contributed by atoms with Crippen LogP contribution in [0.25, 0.3) is 11.3 Å². The molecule has 3 aromatic rings. The maximum Gasteiger partial charge on any atom is 0.433 e. The van der Waals surface area contributed by atoms with Crippen LogP contribution in [0.1, 0.15) is 12.7 Å². The number of benzene rings is 1. The number of hydrogen-bond acceptors (Lipinski definition) is 6. The van der Waals surface area contributed by atoms with Crippen LogP contribution in [0.5, 0.6) is 0 Å². The second kappa shape index (κ2) is 8.55. The Balaban J connectivity index is 2.08. The summed E-state index contributed by atoms with van der Waals surface area (Å²) in [7, 11) is 0. The van der Waals surface area contributed by atoms with Crippen LogP contribution in [0.4, 0.5) is 5.88 Å². The zero-order valence-electron chi connectivity index (χ0n) is 14.6. The van der Waals surface area contributed by atoms with Crippen molar-refractivity contribution < 1.29 is 9.34 Å². The minimum atomic E-state index is -0.610. The maximum atomic E-state index is 10.8. The van der Waals surface area contributed by atoms with Gasteiger partial charge in [-0.3, -0.25) is 15.1 Å². The Morgan fingerprint density at radius 3 is 2.82 bits per heavy atom. The summed E-state index contributed by atoms with van der Waals surface area (Å²) in [5.41, 5.74) is 2.32. The van der Waals surface area contributed by atoms with Gasteiger partial charge in [-0.25, -0.2) is 4.68 Å². The summed E-state index contributed by atoms with van der Waals surface area (Å²) >= 11 is 13.7. The van der Waals surface area contributed by atoms with Crippen molar-refractivity contribution in [2.75, 3.05) is 6.54 Å². The molecule has 7 nitrogen and oxygen atoms in total. The Morgan fingerprint density at radius 2 is 2.18 bits per heavy atom. The van der Waals surface area contributed by atoms with Crippen LogP contribution >= 0.6 is 34.5 Å². The molecule has 10 heteroatoms. The van der Waals surface area contributed by atoms with Gasteiger partial charge in [0.15, 0.2) is 5.76 Å². The second-order valence-electron chi connectivity index (χ2n) is 5.79. The van der Waals surface area contributed by atoms with Crippen molar-refractivity contribution in [2.24, 2.45) is 10.1 Å². The topological polar surface area (TPSA) is 85.9 Å². The Kier molecular flexibility index (Phi) is 6.13. The fraction of sp³-hybridized carbons (Fsp3) is 0.111. The largest absolute Gasteiger partial charge is 0.433 e. The number of rotatable bonds is 6. The minimum absolute atomic E-state index is 0.240. The van der Waals surface area contributed by atoms with E-state index in [4.69, 9.17) is 27.6 Å². The lowest BCUT2D eigenvalue weighted by molar-refractivity contribution is -0.402. The standard InChI is InChI=1S/C18H14Cl2N4O3S/c1-11(2)8-21-18-23(22-9-13-4-6-17(27-13)24(25)26)16(10-28-18)14-5-3-12(19)7-15(14)20/h3-7,9-10H,1,8H2,2H3. The molecule has 0 amide bonds. The Hall–Kier alpha value is -2.68. The van der Waals surface area contributed by atoms with E-state index < -0.39 is 4.92 Å². The van der Waals surface area contributed by atoms with Gasteiger partial charge in [-0.1, -0.05) is 35.4 Å². The highest BCUT2D eigenvalue weighted by Gasteiger charge is 2.13. The average Bonchev–Trinajstić information content (AvgIpc) is 3.25. The highest BCUT2D eigenvalue weighted by molar-refractivity contribution is 7.07. The molecule has 0 fully saturated rings. The SMILES string of the molecule is C=C(C)CN=c1scc(-c2ccc(Cl)cc2Cl)n1N=Cc1ccc([N+](=O)[O-])o1. The summed E-state index contributed by atoms with van der Waals surface area (Å²) in [6.07, 6.45) is 1.38. The summed E-state index contributed by atoms with van der Waals surface area (Å²) in [5.74, 6) is -0.116. The third-order valence-corrected chi connectivity index (χ3v) is 4.87. The molecule has 0 bridgehead atoms. The molecule has 0 aliphatic rings. The molecule has 0 atom stereocenters. The van der Waals surface area contributed by atoms with Gasteiger partial charge in [0, 0.05) is 16.0 Å². The molecule has 0 unspecified atom stereocenters. The van der Waals surface area contributed by atoms with Gasteiger partial charge < -0.3 is 4.42 Å². The molecule has 0 spiro atoms. The summed E-state index contributed by atoms with van der Waals surface area (Å²) < 4.78 is 6.71. The second-order valence-corrected chi connectivity index (χ2v) is 7.47. The predicted molar refractivity (Wildman–Crippen MR) is 111 cm³/mol. The van der Waals surface area contributed by atoms with Crippen molar-refractivity contribution in [3.8, 4) is 11.3 Å². The lowest BCUT2D eigenvalue weighted by Crippen LogP contribution is -2.13. The molecule has 0 aliphatic heterocycles. The molecule has 3 rings (SSSR count). The van der Waals surface area contributed by atoms with E-state index in [9.17, 15) is 10.1 Å². The van der Waals surface area contributed by atoms with Crippen LogP contribution in [-0.2, 0) is 0 Å². The molecule has 0 radical (unpaired) electrons. The Bertz CT molecular complexity index is 1140. The summed E-state index contributed by atoms with van der Waals surface area (Å²) in [6.45, 7) is 6.17. The molecule has 1 aromatic carbocycles. The van der Waals surface area contributed by atoms with Crippen molar-refractivity contribution in [1.29, 1.82) is 0 Å². The van der Waals surface area contributed by atoms with Crippen molar-refractivity contribution in [2.45, 2.75) is 6.92 Å². The number of furan rings is 1. The van der Waals surface area contributed by atoms with Gasteiger partial charge in [0.05, 0.1) is 29.5 Å². The quantitative estimate of drug-likeness (QED) is 0.224. The van der Waals surface area contributed by atoms with Crippen LogP contribution in [-0.4, -0.2) is 22.4 Å². The molecule has 28 heavy (non-hydrogen) atoms. The molecule has 0 N–H and O–H groups in total. The van der Waals surface area contributed by atoms with E-state index in [0.717, 1.165) is 11.1 Å². The smallest absolute Gasteiger partial charge is 0.400 e. The van der Waals surface area contributed by atoms with Gasteiger partial charge in [0.25, 0.3) is 0 Å². The predicted octanol–water partition coefficient (Wildman–Crippen LogP) is 5.38. The number of hydrogen-bond donors (Lipinski definition) is 0. The molecule has 144 valence electrons. The fourth-order valence-corrected chi connectivity index (χ4v) is 3.56. The zero-order valence-corrected chi connectivity index (χ0v) is 17.0. The number of halogens is 2. The lowest BCUT2D eigenvalue weighted by Gasteiger charge is -2.06. The third kappa shape index (κ3) is 4.59. The van der Waals surface area contributed by atoms with Gasteiger partial charge in [-0.2, -0.15) is 5.10 Å². The normalized spacial score (nSPS) is 12.0. The third-order valence-electron chi connectivity index (χ3n) is 3.47. The molecule has 0 aliphatic carbocycles. The highest BCUT2D eigenvalue weighted by atomic mass is 35.5. The molecule has 0 saturated carbocycles. The van der Waals surface area contributed by atoms with Crippen LogP contribution in [0.2, 0.25) is 10.0 Å². The van der Waals surface area contributed by atoms with Crippen molar-refractivity contribution >= 4 is 46.6 Å². The van der Waals surface area contributed by atoms with Crippen LogP contribution in [0.3, 0.4) is 0 Å². The summed E-state index contributed by atoms with van der Waals surface area (Å²) in [4.78, 5) is 15.3. The average molecular weight is 437 g/mol. The van der Waals surface area contributed by atoms with Gasteiger partial charge in [-0.05, 0) is 31.2 Å². The fourth-order valence-electron chi connectivity index (χ4n) is 2.23. The van der Waals surface area contributed by atoms with Crippen LogP contribution in [0.15, 0.2) is 62.4 Å². The Morgan fingerprint density at radius 1 is 1.39 bits per heavy atom. The number of aromatic nitrogens is 1. The zero-order chi connectivity index (χ0) is 20.3. The molecule has 0 saturated heterocycles. The van der Waals surface area contributed by atoms with E-state index in [1.165, 1.54) is 29.7 Å². The van der Waals surface area contributed by atoms with E-state index in [1.807, 2.05) is 12.3 Å². The first-order valence-electron chi connectivity index (χ1n) is 7.94. The van der Waals surface area contributed by atoms with Gasteiger partial charge in [-0.15, -0.1) is 11.3 Å². The first kappa shape index (κ1) is 20.1. The summed E-state index contributed by atoms with van der Waals surface area (Å²) in [5, 5.41) is 18.0. The van der Waals surface area contributed by atoms with E-state index >= 15 is 0 Å². The number of nitrogens with zero attached hydrogens (tertiary/aromatic N) is 4. The van der Waals surface area contributed by atoms with Crippen LogP contribution < -0.4 is 4.80 Å². The van der Waals surface area contributed by atoms with Crippen molar-refractivity contribution in [3.63, 3.8) is 0 Å². The summed E-state index contributed by atoms with van der Waals surface area (Å²) in [6, 6.07) is 7.90. The van der Waals surface area contributed by atoms with Crippen molar-refractivity contribution in [3.05, 3.63) is 78.6 Å². The van der Waals surface area contributed by atoms with E-state index in [2.05, 4.69) is 16.7 Å². The lowest BCUT2D eigenvalue weighted by atomic mass is 10.2.